The van der Waals surface area contributed by atoms with Crippen LogP contribution in [-0.4, -0.2) is 15.2 Å². The molecule has 2 aromatic carbocycles. The molecule has 0 saturated carbocycles. The van der Waals surface area contributed by atoms with Crippen molar-refractivity contribution in [1.29, 1.82) is 0 Å². The molecule has 1 aromatic heterocycles. The predicted molar refractivity (Wildman–Crippen MR) is 90.4 cm³/mol. The van der Waals surface area contributed by atoms with Gasteiger partial charge in [0.1, 0.15) is 0 Å². The Morgan fingerprint density at radius 2 is 1.95 bits per heavy atom. The highest BCUT2D eigenvalue weighted by Gasteiger charge is 2.09. The van der Waals surface area contributed by atoms with Gasteiger partial charge in [0.25, 0.3) is 0 Å². The lowest BCUT2D eigenvalue weighted by atomic mass is 10.1. The summed E-state index contributed by atoms with van der Waals surface area (Å²) in [4.78, 5) is 4.49. The van der Waals surface area contributed by atoms with Gasteiger partial charge in [-0.2, -0.15) is 0 Å². The van der Waals surface area contributed by atoms with Gasteiger partial charge in [0, 0.05) is 21.7 Å². The van der Waals surface area contributed by atoms with E-state index in [-0.39, 0.29) is 11.5 Å². The van der Waals surface area contributed by atoms with Crippen molar-refractivity contribution < 1.29 is 10.2 Å². The second kappa shape index (κ2) is 5.87. The summed E-state index contributed by atoms with van der Waals surface area (Å²) in [6.45, 7) is 1.94. The first kappa shape index (κ1) is 14.7. The number of rotatable bonds is 3. The quantitative estimate of drug-likeness (QED) is 0.595. The molecule has 22 heavy (non-hydrogen) atoms. The van der Waals surface area contributed by atoms with E-state index < -0.39 is 0 Å². The molecule has 0 radical (unpaired) electrons. The van der Waals surface area contributed by atoms with Crippen molar-refractivity contribution in [3.63, 3.8) is 0 Å². The fourth-order valence-corrected chi connectivity index (χ4v) is 2.91. The van der Waals surface area contributed by atoms with Gasteiger partial charge >= 0.3 is 0 Å². The minimum absolute atomic E-state index is 0.146. The Hall–Kier alpha value is -2.24. The third kappa shape index (κ3) is 2.86. The molecule has 3 aromatic rings. The van der Waals surface area contributed by atoms with Gasteiger partial charge in [-0.05, 0) is 42.8 Å². The molecule has 0 aliphatic carbocycles. The fraction of sp³-hybridized carbons (Fsp3) is 0.0625. The SMILES string of the molecule is Cc1c(Cl)cccc1Nc1nc(-c2ccc(O)c(O)c2)cs1. The first-order chi connectivity index (χ1) is 10.5. The highest BCUT2D eigenvalue weighted by molar-refractivity contribution is 7.14. The lowest BCUT2D eigenvalue weighted by molar-refractivity contribution is 0.404. The topological polar surface area (TPSA) is 65.4 Å². The van der Waals surface area contributed by atoms with E-state index in [0.717, 1.165) is 27.6 Å². The van der Waals surface area contributed by atoms with E-state index in [1.807, 2.05) is 30.5 Å². The maximum atomic E-state index is 9.57. The molecule has 0 atom stereocenters. The summed E-state index contributed by atoms with van der Waals surface area (Å²) in [5.41, 5.74) is 3.33. The summed E-state index contributed by atoms with van der Waals surface area (Å²) in [5.74, 6) is -0.308. The van der Waals surface area contributed by atoms with E-state index in [1.54, 1.807) is 6.07 Å². The van der Waals surface area contributed by atoms with Crippen LogP contribution in [-0.2, 0) is 0 Å². The minimum Gasteiger partial charge on any atom is -0.504 e. The molecule has 4 nitrogen and oxygen atoms in total. The van der Waals surface area contributed by atoms with Gasteiger partial charge in [-0.3, -0.25) is 0 Å². The number of nitrogens with zero attached hydrogens (tertiary/aromatic N) is 1. The van der Waals surface area contributed by atoms with Crippen LogP contribution in [0.15, 0.2) is 41.8 Å². The number of aromatic nitrogens is 1. The van der Waals surface area contributed by atoms with E-state index in [4.69, 9.17) is 11.6 Å². The number of thiazole rings is 1. The van der Waals surface area contributed by atoms with E-state index in [9.17, 15) is 10.2 Å². The molecule has 0 fully saturated rings. The number of aromatic hydroxyl groups is 2. The Labute approximate surface area is 136 Å². The van der Waals surface area contributed by atoms with Gasteiger partial charge in [0.05, 0.1) is 5.69 Å². The van der Waals surface area contributed by atoms with Crippen molar-refractivity contribution in [2.24, 2.45) is 0 Å². The molecule has 0 aliphatic rings. The lowest BCUT2D eigenvalue weighted by Gasteiger charge is -2.07. The molecule has 0 spiro atoms. The van der Waals surface area contributed by atoms with Crippen LogP contribution in [0.1, 0.15) is 5.56 Å². The molecule has 6 heteroatoms. The Morgan fingerprint density at radius 1 is 1.14 bits per heavy atom. The van der Waals surface area contributed by atoms with Crippen LogP contribution < -0.4 is 5.32 Å². The zero-order chi connectivity index (χ0) is 15.7. The van der Waals surface area contributed by atoms with Crippen molar-refractivity contribution in [1.82, 2.24) is 4.98 Å². The summed E-state index contributed by atoms with van der Waals surface area (Å²) < 4.78 is 0. The standard InChI is InChI=1S/C16H13ClN2O2S/c1-9-11(17)3-2-4-12(9)18-16-19-13(8-22-16)10-5-6-14(20)15(21)7-10/h2-8,20-21H,1H3,(H,18,19). The van der Waals surface area contributed by atoms with Crippen LogP contribution in [0.25, 0.3) is 11.3 Å². The maximum Gasteiger partial charge on any atom is 0.187 e. The maximum absolute atomic E-state index is 9.57. The van der Waals surface area contributed by atoms with E-state index >= 15 is 0 Å². The van der Waals surface area contributed by atoms with Crippen LogP contribution >= 0.6 is 22.9 Å². The van der Waals surface area contributed by atoms with Crippen LogP contribution in [0.5, 0.6) is 11.5 Å². The third-order valence-corrected chi connectivity index (χ3v) is 4.45. The van der Waals surface area contributed by atoms with Crippen molar-refractivity contribution in [3.05, 3.63) is 52.4 Å². The predicted octanol–water partition coefficient (Wildman–Crippen LogP) is 4.93. The molecule has 0 bridgehead atoms. The Kier molecular flexibility index (Phi) is 3.92. The molecule has 112 valence electrons. The van der Waals surface area contributed by atoms with Gasteiger partial charge < -0.3 is 15.5 Å². The summed E-state index contributed by atoms with van der Waals surface area (Å²) in [5, 5.41) is 25.5. The Morgan fingerprint density at radius 3 is 2.73 bits per heavy atom. The van der Waals surface area contributed by atoms with Gasteiger partial charge in [0.15, 0.2) is 16.6 Å². The van der Waals surface area contributed by atoms with Crippen LogP contribution in [0.3, 0.4) is 0 Å². The average molecular weight is 333 g/mol. The number of hydrogen-bond acceptors (Lipinski definition) is 5. The zero-order valence-electron chi connectivity index (χ0n) is 11.7. The van der Waals surface area contributed by atoms with Crippen LogP contribution in [0.4, 0.5) is 10.8 Å². The number of benzene rings is 2. The number of phenols is 2. The highest BCUT2D eigenvalue weighted by atomic mass is 35.5. The lowest BCUT2D eigenvalue weighted by Crippen LogP contribution is -1.93. The largest absolute Gasteiger partial charge is 0.504 e. The minimum atomic E-state index is -0.161. The first-order valence-corrected chi connectivity index (χ1v) is 7.80. The summed E-state index contributed by atoms with van der Waals surface area (Å²) in [6.07, 6.45) is 0. The number of phenolic OH excluding ortho intramolecular Hbond substituents is 2. The van der Waals surface area contributed by atoms with Gasteiger partial charge in [-0.1, -0.05) is 17.7 Å². The highest BCUT2D eigenvalue weighted by Crippen LogP contribution is 2.33. The molecule has 0 aliphatic heterocycles. The first-order valence-electron chi connectivity index (χ1n) is 6.54. The number of hydrogen-bond donors (Lipinski definition) is 3. The molecule has 0 saturated heterocycles. The van der Waals surface area contributed by atoms with E-state index in [2.05, 4.69) is 10.3 Å². The second-order valence-electron chi connectivity index (χ2n) is 4.78. The molecular weight excluding hydrogens is 320 g/mol. The van der Waals surface area contributed by atoms with E-state index in [0.29, 0.717) is 5.02 Å². The number of halogens is 1. The molecule has 3 rings (SSSR count). The number of nitrogens with one attached hydrogen (secondary N) is 1. The van der Waals surface area contributed by atoms with Crippen molar-refractivity contribution in [2.45, 2.75) is 6.92 Å². The van der Waals surface area contributed by atoms with Crippen molar-refractivity contribution >= 4 is 33.8 Å². The summed E-state index contributed by atoms with van der Waals surface area (Å²) in [7, 11) is 0. The summed E-state index contributed by atoms with van der Waals surface area (Å²) >= 11 is 7.56. The average Bonchev–Trinajstić information content (AvgIpc) is 2.95. The van der Waals surface area contributed by atoms with Gasteiger partial charge in [-0.25, -0.2) is 4.98 Å². The summed E-state index contributed by atoms with van der Waals surface area (Å²) in [6, 6.07) is 10.3. The van der Waals surface area contributed by atoms with Gasteiger partial charge in [-0.15, -0.1) is 11.3 Å². The number of anilines is 2. The molecule has 0 amide bonds. The monoisotopic (exact) mass is 332 g/mol. The van der Waals surface area contributed by atoms with Crippen molar-refractivity contribution in [2.75, 3.05) is 5.32 Å². The molecule has 1 heterocycles. The smallest absolute Gasteiger partial charge is 0.187 e. The fourth-order valence-electron chi connectivity index (χ4n) is 2.00. The third-order valence-electron chi connectivity index (χ3n) is 3.28. The van der Waals surface area contributed by atoms with Gasteiger partial charge in [0.2, 0.25) is 0 Å². The Bertz CT molecular complexity index is 833. The van der Waals surface area contributed by atoms with E-state index in [1.165, 1.54) is 23.5 Å². The van der Waals surface area contributed by atoms with Crippen LogP contribution in [0, 0.1) is 6.92 Å². The normalized spacial score (nSPS) is 10.6. The Balaban J connectivity index is 1.87. The zero-order valence-corrected chi connectivity index (χ0v) is 13.2. The van der Waals surface area contributed by atoms with Crippen LogP contribution in [0.2, 0.25) is 5.02 Å². The second-order valence-corrected chi connectivity index (χ2v) is 6.04. The molecular formula is C16H13ClN2O2S. The molecule has 0 unspecified atom stereocenters. The van der Waals surface area contributed by atoms with Crippen molar-refractivity contribution in [3.8, 4) is 22.8 Å². The molecule has 3 N–H and O–H groups in total.